The molecule has 250 valence electrons. The smallest absolute Gasteiger partial charge is 0.319 e. The number of hydrogen-bond acceptors (Lipinski definition) is 9. The summed E-state index contributed by atoms with van der Waals surface area (Å²) < 4.78 is 61.1. The largest absolute Gasteiger partial charge is 0.497 e. The van der Waals surface area contributed by atoms with Crippen molar-refractivity contribution in [3.63, 3.8) is 0 Å². The van der Waals surface area contributed by atoms with Crippen LogP contribution in [0.25, 0.3) is 0 Å². The van der Waals surface area contributed by atoms with Crippen molar-refractivity contribution in [2.75, 3.05) is 27.4 Å². The summed E-state index contributed by atoms with van der Waals surface area (Å²) in [4.78, 5) is 0. The van der Waals surface area contributed by atoms with E-state index in [1.54, 1.807) is 14.2 Å². The van der Waals surface area contributed by atoms with E-state index >= 15 is 0 Å². The first-order chi connectivity index (χ1) is 22.2. The van der Waals surface area contributed by atoms with Crippen LogP contribution in [0.3, 0.4) is 0 Å². The normalized spacial score (nSPS) is 25.5. The third kappa shape index (κ3) is 8.20. The molecule has 0 N–H and O–H groups in total. The maximum Gasteiger partial charge on any atom is 0.319 e. The molecular formula is C36H47O9P. The van der Waals surface area contributed by atoms with E-state index in [9.17, 15) is 4.57 Å². The summed E-state index contributed by atoms with van der Waals surface area (Å²) in [5.74, 6) is 1.48. The predicted octanol–water partition coefficient (Wildman–Crippen LogP) is 6.95. The number of rotatable bonds is 15. The Hall–Kier alpha value is -2.75. The van der Waals surface area contributed by atoms with Crippen LogP contribution in [0.1, 0.15) is 57.2 Å². The molecule has 7 atom stereocenters. The van der Waals surface area contributed by atoms with Gasteiger partial charge in [-0.15, -0.1) is 0 Å². The van der Waals surface area contributed by atoms with Crippen LogP contribution < -0.4 is 9.47 Å². The van der Waals surface area contributed by atoms with Gasteiger partial charge in [-0.1, -0.05) is 54.6 Å². The van der Waals surface area contributed by atoms with Crippen molar-refractivity contribution in [3.05, 3.63) is 95.6 Å². The Kier molecular flexibility index (Phi) is 12.0. The van der Waals surface area contributed by atoms with Gasteiger partial charge in [0, 0.05) is 12.8 Å². The third-order valence-corrected chi connectivity index (χ3v) is 9.37. The average molecular weight is 655 g/mol. The monoisotopic (exact) mass is 654 g/mol. The van der Waals surface area contributed by atoms with E-state index in [1.807, 2.05) is 94.4 Å². The Morgan fingerprint density at radius 1 is 0.739 bits per heavy atom. The third-order valence-electron chi connectivity index (χ3n) is 8.47. The molecule has 2 fully saturated rings. The number of ether oxygens (including phenoxy) is 6. The molecule has 0 spiro atoms. The van der Waals surface area contributed by atoms with Crippen LogP contribution in [0.15, 0.2) is 78.9 Å². The zero-order chi connectivity index (χ0) is 32.7. The molecule has 9 nitrogen and oxygen atoms in total. The Morgan fingerprint density at radius 2 is 1.24 bits per heavy atom. The quantitative estimate of drug-likeness (QED) is 0.128. The molecule has 3 unspecified atom stereocenters. The minimum absolute atomic E-state index is 0.0486. The average Bonchev–Trinajstić information content (AvgIpc) is 3.60. The zero-order valence-electron chi connectivity index (χ0n) is 27.5. The summed E-state index contributed by atoms with van der Waals surface area (Å²) in [7, 11) is 0.435. The topological polar surface area (TPSA) is 90.9 Å². The van der Waals surface area contributed by atoms with Gasteiger partial charge in [0.15, 0.2) is 0 Å². The van der Waals surface area contributed by atoms with Crippen molar-refractivity contribution in [3.8, 4) is 11.5 Å². The Morgan fingerprint density at radius 3 is 1.76 bits per heavy atom. The second-order valence-electron chi connectivity index (χ2n) is 12.2. The van der Waals surface area contributed by atoms with Gasteiger partial charge in [-0.2, -0.15) is 0 Å². The van der Waals surface area contributed by atoms with Crippen molar-refractivity contribution in [2.45, 2.75) is 88.9 Å². The molecule has 46 heavy (non-hydrogen) atoms. The molecule has 0 bridgehead atoms. The van der Waals surface area contributed by atoms with Crippen molar-refractivity contribution in [1.82, 2.24) is 0 Å². The molecule has 2 heterocycles. The van der Waals surface area contributed by atoms with Gasteiger partial charge in [0.05, 0.1) is 58.0 Å². The van der Waals surface area contributed by atoms with Gasteiger partial charge >= 0.3 is 8.25 Å². The Labute approximate surface area is 273 Å². The summed E-state index contributed by atoms with van der Waals surface area (Å²) in [5.41, 5.74) is 1.75. The second kappa shape index (κ2) is 15.9. The lowest BCUT2D eigenvalue weighted by Crippen LogP contribution is -2.38. The van der Waals surface area contributed by atoms with E-state index in [0.29, 0.717) is 6.42 Å². The van der Waals surface area contributed by atoms with Crippen LogP contribution in [0.5, 0.6) is 11.5 Å². The van der Waals surface area contributed by atoms with E-state index in [4.69, 9.17) is 37.5 Å². The van der Waals surface area contributed by atoms with Gasteiger partial charge in [-0.05, 0) is 68.7 Å². The molecule has 3 aromatic carbocycles. The number of hydrogen-bond donors (Lipinski definition) is 0. The van der Waals surface area contributed by atoms with E-state index in [-0.39, 0.29) is 43.7 Å². The fraction of sp³-hybridized carbons (Fsp3) is 0.500. The van der Waals surface area contributed by atoms with Gasteiger partial charge < -0.3 is 37.5 Å². The van der Waals surface area contributed by atoms with Crippen molar-refractivity contribution < 1.29 is 42.0 Å². The number of benzene rings is 3. The van der Waals surface area contributed by atoms with Gasteiger partial charge in [-0.25, -0.2) is 0 Å². The lowest BCUT2D eigenvalue weighted by Gasteiger charge is -2.37. The van der Waals surface area contributed by atoms with Crippen molar-refractivity contribution in [1.29, 1.82) is 0 Å². The van der Waals surface area contributed by atoms with Crippen molar-refractivity contribution in [2.24, 2.45) is 0 Å². The van der Waals surface area contributed by atoms with Crippen LogP contribution in [-0.4, -0.2) is 70.2 Å². The molecule has 0 radical (unpaired) electrons. The van der Waals surface area contributed by atoms with Crippen LogP contribution in [0.2, 0.25) is 0 Å². The maximum atomic E-state index is 13.1. The molecular weight excluding hydrogens is 607 g/mol. The fourth-order valence-electron chi connectivity index (χ4n) is 6.34. The van der Waals surface area contributed by atoms with Crippen LogP contribution in [0, 0.1) is 0 Å². The number of methoxy groups -OCH3 is 2. The van der Waals surface area contributed by atoms with Gasteiger partial charge in [0.1, 0.15) is 29.3 Å². The highest BCUT2D eigenvalue weighted by molar-refractivity contribution is 7.33. The zero-order valence-corrected chi connectivity index (χ0v) is 28.5. The first-order valence-electron chi connectivity index (χ1n) is 16.0. The van der Waals surface area contributed by atoms with Crippen LogP contribution in [-0.2, 0) is 38.2 Å². The predicted molar refractivity (Wildman–Crippen MR) is 176 cm³/mol. The van der Waals surface area contributed by atoms with E-state index < -0.39 is 26.1 Å². The molecule has 0 saturated carbocycles. The second-order valence-corrected chi connectivity index (χ2v) is 13.2. The molecule has 0 aliphatic carbocycles. The molecule has 0 aromatic heterocycles. The SMILES string of the molecule is COc1ccc(C(OC[C@H]2O[C@@H](C)CC2O[PH](=O)OC[C@H]2O[C@@H](C)CC2OC(C)C)(c2ccccc2)c2ccc(OC)cc2)cc1. The highest BCUT2D eigenvalue weighted by Crippen LogP contribution is 2.43. The fourth-order valence-corrected chi connectivity index (χ4v) is 7.20. The first-order valence-corrected chi connectivity index (χ1v) is 17.2. The lowest BCUT2D eigenvalue weighted by molar-refractivity contribution is -0.0789. The first kappa shape index (κ1) is 34.6. The highest BCUT2D eigenvalue weighted by Gasteiger charge is 2.42. The summed E-state index contributed by atoms with van der Waals surface area (Å²) in [5, 5.41) is 0. The molecule has 0 amide bonds. The molecule has 2 aliphatic heterocycles. The van der Waals surface area contributed by atoms with Crippen LogP contribution >= 0.6 is 8.25 Å². The van der Waals surface area contributed by atoms with Crippen molar-refractivity contribution >= 4 is 8.25 Å². The molecule has 5 rings (SSSR count). The summed E-state index contributed by atoms with van der Waals surface area (Å²) >= 11 is 0. The highest BCUT2D eigenvalue weighted by atomic mass is 31.1. The lowest BCUT2D eigenvalue weighted by atomic mass is 9.80. The minimum atomic E-state index is -2.86. The molecule has 3 aromatic rings. The molecule has 2 saturated heterocycles. The van der Waals surface area contributed by atoms with E-state index in [0.717, 1.165) is 34.6 Å². The Bertz CT molecular complexity index is 1340. The van der Waals surface area contributed by atoms with E-state index in [1.165, 1.54) is 0 Å². The summed E-state index contributed by atoms with van der Waals surface area (Å²) in [6.07, 6.45) is -0.0285. The Balaban J connectivity index is 1.36. The van der Waals surface area contributed by atoms with Gasteiger partial charge in [-0.3, -0.25) is 4.57 Å². The van der Waals surface area contributed by atoms with E-state index in [2.05, 4.69) is 12.1 Å². The summed E-state index contributed by atoms with van der Waals surface area (Å²) in [6, 6.07) is 25.8. The standard InChI is InChI=1S/C36H47O9P/c1-24(2)42-32-20-25(3)44-35(32)23-41-46(37)45-33-21-26(4)43-34(33)22-40-36(27-10-8-7-9-11-27,28-12-16-30(38-5)17-13-28)29-14-18-31(39-6)19-15-29/h7-19,24-26,32-35,46H,20-23H2,1-6H3/t25-,26-,32?,33?,34+,35+/m0/s1. The molecule has 10 heteroatoms. The van der Waals surface area contributed by atoms with Gasteiger partial charge in [0.25, 0.3) is 0 Å². The molecule has 2 aliphatic rings. The van der Waals surface area contributed by atoms with Crippen LogP contribution in [0.4, 0.5) is 0 Å². The maximum absolute atomic E-state index is 13.1. The van der Waals surface area contributed by atoms with Gasteiger partial charge in [0.2, 0.25) is 0 Å². The summed E-state index contributed by atoms with van der Waals surface area (Å²) in [6.45, 7) is 8.28. The minimum Gasteiger partial charge on any atom is -0.497 e.